The van der Waals surface area contributed by atoms with Crippen LogP contribution in [-0.4, -0.2) is 45.3 Å². The Hall–Kier alpha value is -2.53. The van der Waals surface area contributed by atoms with Gasteiger partial charge in [0.05, 0.1) is 19.3 Å². The summed E-state index contributed by atoms with van der Waals surface area (Å²) in [7, 11) is -4.87. The summed E-state index contributed by atoms with van der Waals surface area (Å²) in [6.07, 6.45) is 0.000711. The van der Waals surface area contributed by atoms with E-state index in [2.05, 4.69) is 10.8 Å². The molecule has 0 aromatic heterocycles. The summed E-state index contributed by atoms with van der Waals surface area (Å²) in [5, 5.41) is 0. The van der Waals surface area contributed by atoms with Gasteiger partial charge in [-0.25, -0.2) is 4.79 Å². The summed E-state index contributed by atoms with van der Waals surface area (Å²) in [5.41, 5.74) is -5.53. The zero-order valence-electron chi connectivity index (χ0n) is 21.0. The van der Waals surface area contributed by atoms with Crippen LogP contribution in [0.4, 0.5) is 13.2 Å². The molecule has 0 radical (unpaired) electrons. The van der Waals surface area contributed by atoms with Gasteiger partial charge in [0.25, 0.3) is 0 Å². The van der Waals surface area contributed by atoms with Crippen LogP contribution in [0, 0.1) is 0 Å². The van der Waals surface area contributed by atoms with Gasteiger partial charge in [0.1, 0.15) is 11.5 Å². The smallest absolute Gasteiger partial charge is 0.493 e. The van der Waals surface area contributed by atoms with Crippen LogP contribution in [0.25, 0.3) is 5.57 Å². The molecule has 1 heterocycles. The maximum absolute atomic E-state index is 13.0. The molecule has 0 spiro atoms. The second-order valence-corrected chi connectivity index (χ2v) is 9.91. The van der Waals surface area contributed by atoms with E-state index in [1.807, 2.05) is 13.8 Å². The maximum atomic E-state index is 13.0. The Morgan fingerprint density at radius 1 is 1.17 bits per heavy atom. The maximum Gasteiger partial charge on any atom is 0.534 e. The van der Waals surface area contributed by atoms with E-state index in [0.29, 0.717) is 18.8 Å². The van der Waals surface area contributed by atoms with Crippen LogP contribution in [0.5, 0.6) is 5.75 Å². The predicted octanol–water partition coefficient (Wildman–Crippen LogP) is 5.55. The predicted molar refractivity (Wildman–Crippen MR) is 126 cm³/mol. The molecule has 1 aromatic rings. The van der Waals surface area contributed by atoms with E-state index in [1.54, 1.807) is 32.9 Å². The molecule has 1 aromatic carbocycles. The quantitative estimate of drug-likeness (QED) is 0.153. The van der Waals surface area contributed by atoms with Gasteiger partial charge in [-0.15, -0.1) is 0 Å². The fourth-order valence-electron chi connectivity index (χ4n) is 3.25. The number of rotatable bonds is 7. The van der Waals surface area contributed by atoms with Crippen LogP contribution in [0.2, 0.25) is 0 Å². The van der Waals surface area contributed by atoms with Gasteiger partial charge in [0.15, 0.2) is 6.10 Å². The number of carbonyl (C=O) groups excluding carboxylic acids is 1. The molecule has 0 amide bonds. The van der Waals surface area contributed by atoms with Crippen molar-refractivity contribution in [2.75, 3.05) is 13.7 Å². The Balaban J connectivity index is 0.00000298. The van der Waals surface area contributed by atoms with Crippen molar-refractivity contribution >= 4 is 21.7 Å². The fraction of sp³-hybridized carbons (Fsp3) is 0.542. The first-order valence-corrected chi connectivity index (χ1v) is 12.4. The number of ether oxygens (including phenoxy) is 3. The van der Waals surface area contributed by atoms with E-state index in [-0.39, 0.29) is 16.7 Å². The summed E-state index contributed by atoms with van der Waals surface area (Å²) >= 11 is 0. The van der Waals surface area contributed by atoms with Gasteiger partial charge in [-0.1, -0.05) is 26.5 Å². The lowest BCUT2D eigenvalue weighted by molar-refractivity contribution is -0.159. The second kappa shape index (κ2) is 11.9. The van der Waals surface area contributed by atoms with Gasteiger partial charge in [-0.05, 0) is 69.4 Å². The molecule has 0 aliphatic carbocycles. The third kappa shape index (κ3) is 7.99. The van der Waals surface area contributed by atoms with Crippen LogP contribution in [-0.2, 0) is 35.0 Å². The third-order valence-corrected chi connectivity index (χ3v) is 5.63. The molecule has 7 nitrogen and oxygen atoms in total. The van der Waals surface area contributed by atoms with Crippen molar-refractivity contribution in [1.29, 1.82) is 0 Å². The minimum Gasteiger partial charge on any atom is -0.493 e. The number of fused-ring (bicyclic) bond motifs is 1. The zero-order chi connectivity index (χ0) is 27.2. The molecule has 11 heteroatoms. The lowest BCUT2D eigenvalue weighted by Crippen LogP contribution is -2.35. The Morgan fingerprint density at radius 2 is 1.77 bits per heavy atom. The van der Waals surface area contributed by atoms with E-state index < -0.39 is 39.1 Å². The first kappa shape index (κ1) is 30.5. The van der Waals surface area contributed by atoms with E-state index in [0.717, 1.165) is 19.1 Å². The third-order valence-electron chi connectivity index (χ3n) is 4.64. The molecule has 0 N–H and O–H groups in total. The number of allylic oxidation sites excluding steroid dienone is 1. The lowest BCUT2D eigenvalue weighted by atomic mass is 9.93. The van der Waals surface area contributed by atoms with E-state index in [4.69, 9.17) is 14.2 Å². The topological polar surface area (TPSA) is 88.1 Å². The van der Waals surface area contributed by atoms with Gasteiger partial charge < -0.3 is 18.4 Å². The minimum atomic E-state index is -6.00. The molecular weight excluding hydrogens is 489 g/mol. The molecule has 0 bridgehead atoms. The van der Waals surface area contributed by atoms with Crippen molar-refractivity contribution in [3.8, 4) is 5.75 Å². The van der Waals surface area contributed by atoms with Crippen molar-refractivity contribution in [2.24, 2.45) is 0 Å². The van der Waals surface area contributed by atoms with Gasteiger partial charge in [-0.2, -0.15) is 21.6 Å². The van der Waals surface area contributed by atoms with E-state index in [1.165, 1.54) is 13.0 Å². The average molecular weight is 523 g/mol. The minimum absolute atomic E-state index is 0.0656. The molecule has 0 saturated carbocycles. The van der Waals surface area contributed by atoms with Crippen LogP contribution in [0.1, 0.15) is 59.1 Å². The SMILES string of the molecule is C=C(OS(=O)(=O)C(F)(F)F)/C(=C(\C)C(OC(C)(C)C)C(=O)OC)c1ccc2c(c1)CCCO2.CC. The number of benzene rings is 1. The second-order valence-electron chi connectivity index (χ2n) is 8.37. The van der Waals surface area contributed by atoms with E-state index >= 15 is 0 Å². The molecule has 1 atom stereocenters. The number of methoxy groups -OCH3 is 1. The molecule has 1 aliphatic rings. The Bertz CT molecular complexity index is 1050. The van der Waals surface area contributed by atoms with E-state index in [9.17, 15) is 26.4 Å². The first-order valence-electron chi connectivity index (χ1n) is 11.0. The van der Waals surface area contributed by atoms with Gasteiger partial charge >= 0.3 is 21.6 Å². The number of hydrogen-bond acceptors (Lipinski definition) is 7. The number of esters is 1. The highest BCUT2D eigenvalue weighted by Gasteiger charge is 2.49. The molecule has 35 heavy (non-hydrogen) atoms. The molecule has 2 rings (SSSR count). The van der Waals surface area contributed by atoms with Crippen LogP contribution >= 0.6 is 0 Å². The standard InChI is InChI=1S/C22H27F3O7S.C2H6/c1-13(19(20(26)29-6)31-21(3,4)5)18(14(2)32-33(27,28)22(23,24)25)16-9-10-17-15(12-16)8-7-11-30-17;1-2/h9-10,12,19H,2,7-8,11H2,1,3-6H3;1-2H3/b18-13-;. The Labute approximate surface area is 205 Å². The van der Waals surface area contributed by atoms with Crippen LogP contribution in [0.3, 0.4) is 0 Å². The van der Waals surface area contributed by atoms with Crippen LogP contribution < -0.4 is 4.74 Å². The monoisotopic (exact) mass is 522 g/mol. The molecule has 0 saturated heterocycles. The highest BCUT2D eigenvalue weighted by molar-refractivity contribution is 7.87. The highest BCUT2D eigenvalue weighted by Crippen LogP contribution is 2.37. The summed E-state index contributed by atoms with van der Waals surface area (Å²) in [4.78, 5) is 12.5. The van der Waals surface area contributed by atoms with Crippen molar-refractivity contribution < 1.29 is 44.8 Å². The fourth-order valence-corrected chi connectivity index (χ4v) is 3.69. The number of halogens is 3. The normalized spacial score (nSPS) is 15.4. The number of carbonyl (C=O) groups is 1. The van der Waals surface area contributed by atoms with Crippen molar-refractivity contribution in [3.63, 3.8) is 0 Å². The lowest BCUT2D eigenvalue weighted by Gasteiger charge is -2.28. The van der Waals surface area contributed by atoms with Gasteiger partial charge in [0, 0.05) is 5.57 Å². The van der Waals surface area contributed by atoms with Crippen molar-refractivity contribution in [3.05, 3.63) is 47.2 Å². The summed E-state index contributed by atoms with van der Waals surface area (Å²) in [6, 6.07) is 4.76. The number of alkyl halides is 3. The molecule has 1 unspecified atom stereocenters. The first-order chi connectivity index (χ1) is 16.1. The Kier molecular flexibility index (Phi) is 10.4. The largest absolute Gasteiger partial charge is 0.534 e. The molecule has 198 valence electrons. The summed E-state index contributed by atoms with van der Waals surface area (Å²) in [5.74, 6) is -1.03. The average Bonchev–Trinajstić information content (AvgIpc) is 2.76. The van der Waals surface area contributed by atoms with Crippen molar-refractivity contribution in [1.82, 2.24) is 0 Å². The zero-order valence-corrected chi connectivity index (χ0v) is 21.9. The van der Waals surface area contributed by atoms with Gasteiger partial charge in [0.2, 0.25) is 0 Å². The van der Waals surface area contributed by atoms with Crippen LogP contribution in [0.15, 0.2) is 36.1 Å². The highest BCUT2D eigenvalue weighted by atomic mass is 32.2. The molecule has 1 aliphatic heterocycles. The van der Waals surface area contributed by atoms with Crippen molar-refractivity contribution in [2.45, 2.75) is 71.6 Å². The summed E-state index contributed by atoms with van der Waals surface area (Å²) < 4.78 is 82.7. The Morgan fingerprint density at radius 3 is 2.29 bits per heavy atom. The number of aryl methyl sites for hydroxylation is 1. The molecule has 0 fully saturated rings. The number of hydrogen-bond donors (Lipinski definition) is 0. The van der Waals surface area contributed by atoms with Gasteiger partial charge in [-0.3, -0.25) is 0 Å². The molecular formula is C24H33F3O7S. The summed E-state index contributed by atoms with van der Waals surface area (Å²) in [6.45, 7) is 14.4.